The van der Waals surface area contributed by atoms with Crippen molar-refractivity contribution < 1.29 is 14.3 Å². The van der Waals surface area contributed by atoms with E-state index in [0.29, 0.717) is 5.56 Å². The fourth-order valence-electron chi connectivity index (χ4n) is 1.40. The number of hydrogen-bond acceptors (Lipinski definition) is 3. The van der Waals surface area contributed by atoms with Gasteiger partial charge in [0.1, 0.15) is 0 Å². The van der Waals surface area contributed by atoms with Crippen LogP contribution in [0.15, 0.2) is 24.3 Å². The summed E-state index contributed by atoms with van der Waals surface area (Å²) in [7, 11) is 0. The molecule has 0 aromatic heterocycles. The summed E-state index contributed by atoms with van der Waals surface area (Å²) in [5.41, 5.74) is 0.613. The van der Waals surface area contributed by atoms with Crippen molar-refractivity contribution >= 4 is 28.4 Å². The number of ketones is 1. The fourth-order valence-corrected chi connectivity index (χ4v) is 1.76. The van der Waals surface area contributed by atoms with Crippen LogP contribution >= 0.6 is 22.6 Å². The SMILES string of the molecule is CC(C)OC(OC(C)C)C(=O)c1ccc(I)cc1. The van der Waals surface area contributed by atoms with Crippen LogP contribution in [0.3, 0.4) is 0 Å². The summed E-state index contributed by atoms with van der Waals surface area (Å²) in [6.45, 7) is 7.55. The van der Waals surface area contributed by atoms with Crippen LogP contribution in [0.25, 0.3) is 0 Å². The van der Waals surface area contributed by atoms with E-state index in [2.05, 4.69) is 22.6 Å². The van der Waals surface area contributed by atoms with Gasteiger partial charge in [0.2, 0.25) is 12.1 Å². The maximum Gasteiger partial charge on any atom is 0.223 e. The van der Waals surface area contributed by atoms with Gasteiger partial charge >= 0.3 is 0 Å². The first kappa shape index (κ1) is 15.6. The third kappa shape index (κ3) is 5.04. The van der Waals surface area contributed by atoms with Gasteiger partial charge in [-0.15, -0.1) is 0 Å². The molecule has 0 atom stereocenters. The molecule has 0 amide bonds. The maximum absolute atomic E-state index is 12.3. The lowest BCUT2D eigenvalue weighted by Gasteiger charge is -2.21. The number of Topliss-reactive ketones (excluding diaryl/α,β-unsaturated/α-hetero) is 1. The highest BCUT2D eigenvalue weighted by molar-refractivity contribution is 14.1. The lowest BCUT2D eigenvalue weighted by atomic mass is 10.1. The minimum atomic E-state index is -0.829. The quantitative estimate of drug-likeness (QED) is 0.440. The lowest BCUT2D eigenvalue weighted by Crippen LogP contribution is -2.32. The number of hydrogen-bond donors (Lipinski definition) is 0. The van der Waals surface area contributed by atoms with Crippen LogP contribution < -0.4 is 0 Å². The highest BCUT2D eigenvalue weighted by Gasteiger charge is 2.23. The zero-order valence-electron chi connectivity index (χ0n) is 11.1. The fraction of sp³-hybridized carbons (Fsp3) is 0.500. The Morgan fingerprint density at radius 2 is 1.44 bits per heavy atom. The average molecular weight is 362 g/mol. The smallest absolute Gasteiger partial charge is 0.223 e. The molecule has 3 nitrogen and oxygen atoms in total. The van der Waals surface area contributed by atoms with E-state index in [0.717, 1.165) is 3.57 Å². The Morgan fingerprint density at radius 3 is 1.83 bits per heavy atom. The van der Waals surface area contributed by atoms with Crippen LogP contribution in [0.1, 0.15) is 38.1 Å². The maximum atomic E-state index is 12.3. The summed E-state index contributed by atoms with van der Waals surface area (Å²) in [6.07, 6.45) is -0.937. The van der Waals surface area contributed by atoms with Gasteiger partial charge in [-0.05, 0) is 62.4 Å². The van der Waals surface area contributed by atoms with Crippen LogP contribution in [-0.2, 0) is 9.47 Å². The monoisotopic (exact) mass is 362 g/mol. The zero-order chi connectivity index (χ0) is 13.7. The normalized spacial score (nSPS) is 11.6. The van der Waals surface area contributed by atoms with E-state index < -0.39 is 6.29 Å². The highest BCUT2D eigenvalue weighted by atomic mass is 127. The van der Waals surface area contributed by atoms with E-state index in [-0.39, 0.29) is 18.0 Å². The second-order valence-electron chi connectivity index (χ2n) is 4.57. The average Bonchev–Trinajstić information content (AvgIpc) is 2.27. The molecule has 1 rings (SSSR count). The topological polar surface area (TPSA) is 35.5 Å². The second kappa shape index (κ2) is 7.21. The Balaban J connectivity index is 2.83. The summed E-state index contributed by atoms with van der Waals surface area (Å²) in [6, 6.07) is 7.39. The van der Waals surface area contributed by atoms with Gasteiger partial charge in [-0.25, -0.2) is 0 Å². The van der Waals surface area contributed by atoms with Gasteiger partial charge in [0.05, 0.1) is 12.2 Å². The molecule has 0 spiro atoms. The van der Waals surface area contributed by atoms with Crippen molar-refractivity contribution in [1.82, 2.24) is 0 Å². The third-order valence-electron chi connectivity index (χ3n) is 2.13. The second-order valence-corrected chi connectivity index (χ2v) is 5.82. The Bertz CT molecular complexity index is 375. The van der Waals surface area contributed by atoms with Gasteiger partial charge in [-0.1, -0.05) is 12.1 Å². The van der Waals surface area contributed by atoms with E-state index in [4.69, 9.17) is 9.47 Å². The number of carbonyl (C=O) groups excluding carboxylic acids is 1. The van der Waals surface area contributed by atoms with Crippen LogP contribution in [0.2, 0.25) is 0 Å². The van der Waals surface area contributed by atoms with Crippen LogP contribution in [0.5, 0.6) is 0 Å². The molecule has 0 heterocycles. The van der Waals surface area contributed by atoms with Crippen molar-refractivity contribution in [2.75, 3.05) is 0 Å². The molecule has 0 saturated carbocycles. The first-order valence-electron chi connectivity index (χ1n) is 6.01. The molecule has 0 N–H and O–H groups in total. The van der Waals surface area contributed by atoms with Gasteiger partial charge in [0, 0.05) is 9.13 Å². The Morgan fingerprint density at radius 1 is 1.00 bits per heavy atom. The van der Waals surface area contributed by atoms with E-state index in [1.54, 1.807) is 12.1 Å². The molecule has 100 valence electrons. The van der Waals surface area contributed by atoms with Crippen molar-refractivity contribution in [2.45, 2.75) is 46.2 Å². The molecular weight excluding hydrogens is 343 g/mol. The number of rotatable bonds is 6. The minimum absolute atomic E-state index is 0.0541. The molecule has 0 aliphatic carbocycles. The summed E-state index contributed by atoms with van der Waals surface area (Å²) < 4.78 is 12.2. The van der Waals surface area contributed by atoms with Gasteiger partial charge in [0.25, 0.3) is 0 Å². The van der Waals surface area contributed by atoms with E-state index in [9.17, 15) is 4.79 Å². The first-order chi connectivity index (χ1) is 8.40. The van der Waals surface area contributed by atoms with Crippen molar-refractivity contribution in [2.24, 2.45) is 0 Å². The minimum Gasteiger partial charge on any atom is -0.343 e. The molecule has 0 fully saturated rings. The van der Waals surface area contributed by atoms with Gasteiger partial charge in [-0.2, -0.15) is 0 Å². The molecule has 0 aliphatic heterocycles. The molecular formula is C14H19IO3. The lowest BCUT2D eigenvalue weighted by molar-refractivity contribution is -0.152. The zero-order valence-corrected chi connectivity index (χ0v) is 13.3. The van der Waals surface area contributed by atoms with Crippen molar-refractivity contribution in [1.29, 1.82) is 0 Å². The molecule has 18 heavy (non-hydrogen) atoms. The summed E-state index contributed by atoms with van der Waals surface area (Å²) in [5, 5.41) is 0. The van der Waals surface area contributed by atoms with Crippen LogP contribution in [0.4, 0.5) is 0 Å². The molecule has 1 aromatic rings. The number of ether oxygens (including phenoxy) is 2. The van der Waals surface area contributed by atoms with Gasteiger partial charge in [-0.3, -0.25) is 4.79 Å². The largest absolute Gasteiger partial charge is 0.343 e. The molecule has 4 heteroatoms. The number of halogens is 1. The van der Waals surface area contributed by atoms with Crippen molar-refractivity contribution in [3.8, 4) is 0 Å². The summed E-state index contributed by atoms with van der Waals surface area (Å²) in [5.74, 6) is -0.131. The van der Waals surface area contributed by atoms with E-state index in [1.165, 1.54) is 0 Å². The van der Waals surface area contributed by atoms with Gasteiger partial charge < -0.3 is 9.47 Å². The number of carbonyl (C=O) groups is 1. The Hall–Kier alpha value is -0.460. The predicted molar refractivity (Wildman–Crippen MR) is 79.7 cm³/mol. The van der Waals surface area contributed by atoms with E-state index in [1.807, 2.05) is 39.8 Å². The Kier molecular flexibility index (Phi) is 6.25. The third-order valence-corrected chi connectivity index (χ3v) is 2.85. The van der Waals surface area contributed by atoms with Crippen LogP contribution in [0, 0.1) is 3.57 Å². The summed E-state index contributed by atoms with van der Waals surface area (Å²) in [4.78, 5) is 12.3. The number of benzene rings is 1. The molecule has 1 aromatic carbocycles. The molecule has 0 unspecified atom stereocenters. The Labute approximate surface area is 122 Å². The van der Waals surface area contributed by atoms with Gasteiger partial charge in [0.15, 0.2) is 0 Å². The molecule has 0 bridgehead atoms. The molecule has 0 aliphatic rings. The predicted octanol–water partition coefficient (Wildman–Crippen LogP) is 3.65. The van der Waals surface area contributed by atoms with E-state index >= 15 is 0 Å². The van der Waals surface area contributed by atoms with Crippen LogP contribution in [-0.4, -0.2) is 24.3 Å². The first-order valence-corrected chi connectivity index (χ1v) is 7.08. The summed E-state index contributed by atoms with van der Waals surface area (Å²) >= 11 is 2.20. The standard InChI is InChI=1S/C14H19IO3/c1-9(2)17-14(18-10(3)4)13(16)11-5-7-12(15)8-6-11/h5-10,14H,1-4H3. The van der Waals surface area contributed by atoms with Crippen molar-refractivity contribution in [3.63, 3.8) is 0 Å². The molecule has 0 radical (unpaired) electrons. The molecule has 0 saturated heterocycles. The highest BCUT2D eigenvalue weighted by Crippen LogP contribution is 2.13. The van der Waals surface area contributed by atoms with Crippen molar-refractivity contribution in [3.05, 3.63) is 33.4 Å².